The Morgan fingerprint density at radius 2 is 1.93 bits per heavy atom. The first-order valence-corrected chi connectivity index (χ1v) is 11.0. The van der Waals surface area contributed by atoms with E-state index in [1.807, 2.05) is 0 Å². The molecule has 1 aliphatic carbocycles. The maximum absolute atomic E-state index is 13.0. The topological polar surface area (TPSA) is 110 Å². The molecule has 30 heavy (non-hydrogen) atoms. The third-order valence-electron chi connectivity index (χ3n) is 5.30. The van der Waals surface area contributed by atoms with Crippen molar-refractivity contribution in [2.24, 2.45) is 4.40 Å². The lowest BCUT2D eigenvalue weighted by atomic mass is 9.86. The van der Waals surface area contributed by atoms with Gasteiger partial charge in [0.15, 0.2) is 5.70 Å². The number of nitrogens with one attached hydrogen (secondary N) is 1. The van der Waals surface area contributed by atoms with Crippen LogP contribution in [0.4, 0.5) is 0 Å². The second kappa shape index (κ2) is 7.93. The number of morpholine rings is 1. The van der Waals surface area contributed by atoms with Gasteiger partial charge in [0, 0.05) is 17.2 Å². The number of sulfonamides is 1. The van der Waals surface area contributed by atoms with Crippen molar-refractivity contribution >= 4 is 15.7 Å². The van der Waals surface area contributed by atoms with Crippen molar-refractivity contribution in [3.05, 3.63) is 71.4 Å². The average molecular weight is 431 g/mol. The number of allylic oxidation sites excluding steroid dienone is 1. The third kappa shape index (κ3) is 3.55. The van der Waals surface area contributed by atoms with Crippen LogP contribution >= 0.6 is 0 Å². The predicted octanol–water partition coefficient (Wildman–Crippen LogP) is -0.177. The number of benzene rings is 2. The van der Waals surface area contributed by atoms with Crippen molar-refractivity contribution in [3.8, 4) is 5.75 Å². The van der Waals surface area contributed by atoms with Crippen molar-refractivity contribution in [1.82, 2.24) is 0 Å². The van der Waals surface area contributed by atoms with Gasteiger partial charge >= 0.3 is 0 Å². The average Bonchev–Trinajstić information content (AvgIpc) is 2.75. The molecule has 158 valence electrons. The Balaban J connectivity index is 1.85. The maximum atomic E-state index is 13.0. The van der Waals surface area contributed by atoms with E-state index >= 15 is 0 Å². The molecule has 2 aromatic rings. The highest BCUT2D eigenvalue weighted by Crippen LogP contribution is 2.36. The Kier molecular flexibility index (Phi) is 5.48. The standard InChI is InChI=1S/C21H22N2O6S/c1-28-15-6-8-16(9-7-15)30(26,27)22-19-14-20-21(25,18-5-3-2-4-17(18)19)29-13-11-23(20)10-12-24/h2-9,14,24-25H,10-13H2,1H3/p+1. The van der Waals surface area contributed by atoms with Crippen LogP contribution in [0.15, 0.2) is 69.6 Å². The fourth-order valence-electron chi connectivity index (χ4n) is 3.81. The summed E-state index contributed by atoms with van der Waals surface area (Å²) in [7, 11) is -2.51. The lowest BCUT2D eigenvalue weighted by Gasteiger charge is -2.41. The molecule has 0 spiro atoms. The van der Waals surface area contributed by atoms with Crippen LogP contribution in [-0.2, 0) is 20.5 Å². The second-order valence-electron chi connectivity index (χ2n) is 7.05. The molecule has 3 N–H and O–H groups in total. The molecule has 0 radical (unpaired) electrons. The summed E-state index contributed by atoms with van der Waals surface area (Å²) in [6, 6.07) is 12.9. The number of methoxy groups -OCH3 is 1. The molecule has 1 saturated heterocycles. The molecular weight excluding hydrogens is 408 g/mol. The summed E-state index contributed by atoms with van der Waals surface area (Å²) in [6.07, 6.45) is 1.55. The van der Waals surface area contributed by atoms with Crippen molar-refractivity contribution in [2.75, 3.05) is 33.4 Å². The fourth-order valence-corrected chi connectivity index (χ4v) is 4.81. The molecule has 9 heteroatoms. The van der Waals surface area contributed by atoms with Crippen LogP contribution in [0, 0.1) is 0 Å². The van der Waals surface area contributed by atoms with Crippen LogP contribution < -0.4 is 9.64 Å². The van der Waals surface area contributed by atoms with Gasteiger partial charge in [-0.15, -0.1) is 0 Å². The number of hydrogen-bond acceptors (Lipinski definition) is 6. The SMILES string of the molecule is COc1ccc(S(=O)(=O)N=C2C=C3[NH+](CCO)CCOC3(O)c3ccccc32)cc1. The molecule has 1 heterocycles. The zero-order valence-electron chi connectivity index (χ0n) is 16.4. The number of aliphatic hydroxyl groups is 2. The Morgan fingerprint density at radius 3 is 2.63 bits per heavy atom. The van der Waals surface area contributed by atoms with Crippen LogP contribution in [0.5, 0.6) is 5.75 Å². The van der Waals surface area contributed by atoms with E-state index in [4.69, 9.17) is 9.47 Å². The Morgan fingerprint density at radius 1 is 1.20 bits per heavy atom. The molecule has 2 atom stereocenters. The van der Waals surface area contributed by atoms with Crippen molar-refractivity contribution in [2.45, 2.75) is 10.7 Å². The summed E-state index contributed by atoms with van der Waals surface area (Å²) in [4.78, 5) is 0.849. The van der Waals surface area contributed by atoms with Crippen LogP contribution in [0.1, 0.15) is 11.1 Å². The highest BCUT2D eigenvalue weighted by atomic mass is 32.2. The van der Waals surface area contributed by atoms with Gasteiger partial charge in [-0.1, -0.05) is 24.3 Å². The molecule has 0 bridgehead atoms. The van der Waals surface area contributed by atoms with E-state index in [1.165, 1.54) is 19.2 Å². The molecule has 1 aliphatic heterocycles. The number of quaternary nitrogens is 1. The summed E-state index contributed by atoms with van der Waals surface area (Å²) in [6.45, 7) is 1.11. The monoisotopic (exact) mass is 431 g/mol. The lowest BCUT2D eigenvalue weighted by Crippen LogP contribution is -3.14. The Hall–Kier alpha value is -2.56. The summed E-state index contributed by atoms with van der Waals surface area (Å²) >= 11 is 0. The van der Waals surface area contributed by atoms with Crippen LogP contribution in [-0.4, -0.2) is 57.8 Å². The molecule has 0 aromatic heterocycles. The minimum atomic E-state index is -4.01. The van der Waals surface area contributed by atoms with E-state index < -0.39 is 15.8 Å². The van der Waals surface area contributed by atoms with Gasteiger partial charge in [-0.2, -0.15) is 12.8 Å². The van der Waals surface area contributed by atoms with Gasteiger partial charge < -0.3 is 19.7 Å². The highest BCUT2D eigenvalue weighted by Gasteiger charge is 2.49. The van der Waals surface area contributed by atoms with E-state index in [0.717, 1.165) is 4.90 Å². The zero-order valence-corrected chi connectivity index (χ0v) is 17.2. The fraction of sp³-hybridized carbons (Fsp3) is 0.286. The Bertz CT molecular complexity index is 1110. The highest BCUT2D eigenvalue weighted by molar-refractivity contribution is 7.90. The van der Waals surface area contributed by atoms with Gasteiger partial charge in [0.1, 0.15) is 25.4 Å². The zero-order chi connectivity index (χ0) is 21.4. The molecule has 8 nitrogen and oxygen atoms in total. The first-order chi connectivity index (χ1) is 14.4. The largest absolute Gasteiger partial charge is 0.497 e. The molecule has 0 amide bonds. The number of hydrogen-bond donors (Lipinski definition) is 3. The van der Waals surface area contributed by atoms with E-state index in [1.54, 1.807) is 42.5 Å². The summed E-state index contributed by atoms with van der Waals surface area (Å²) in [5, 5.41) is 20.7. The van der Waals surface area contributed by atoms with Gasteiger partial charge in [-0.3, -0.25) is 4.90 Å². The smallest absolute Gasteiger partial charge is 0.282 e. The minimum absolute atomic E-state index is 0.0342. The van der Waals surface area contributed by atoms with Gasteiger partial charge in [0.25, 0.3) is 15.8 Å². The number of ether oxygens (including phenoxy) is 2. The molecular formula is C21H23N2O6S+. The third-order valence-corrected chi connectivity index (χ3v) is 6.60. The summed E-state index contributed by atoms with van der Waals surface area (Å²) in [5.41, 5.74) is 1.56. The molecule has 2 aliphatic rings. The van der Waals surface area contributed by atoms with E-state index in [9.17, 15) is 18.6 Å². The summed E-state index contributed by atoms with van der Waals surface area (Å²) < 4.78 is 40.8. The van der Waals surface area contributed by atoms with Gasteiger partial charge in [-0.05, 0) is 24.3 Å². The van der Waals surface area contributed by atoms with Gasteiger partial charge in [-0.25, -0.2) is 0 Å². The van der Waals surface area contributed by atoms with E-state index in [-0.39, 0.29) is 17.2 Å². The first kappa shape index (κ1) is 20.7. The number of nitrogens with zero attached hydrogens (tertiary/aromatic N) is 1. The summed E-state index contributed by atoms with van der Waals surface area (Å²) in [5.74, 6) is -1.15. The molecule has 2 aromatic carbocycles. The normalized spacial score (nSPS) is 24.7. The second-order valence-corrected chi connectivity index (χ2v) is 8.65. The Labute approximate surface area is 174 Å². The van der Waals surface area contributed by atoms with Crippen molar-refractivity contribution in [3.63, 3.8) is 0 Å². The maximum Gasteiger partial charge on any atom is 0.282 e. The van der Waals surface area contributed by atoms with Crippen LogP contribution in [0.3, 0.4) is 0 Å². The van der Waals surface area contributed by atoms with Crippen molar-refractivity contribution < 1.29 is 33.0 Å². The minimum Gasteiger partial charge on any atom is -0.497 e. The van der Waals surface area contributed by atoms with E-state index in [2.05, 4.69) is 4.40 Å². The van der Waals surface area contributed by atoms with E-state index in [0.29, 0.717) is 42.3 Å². The predicted molar refractivity (Wildman–Crippen MR) is 109 cm³/mol. The van der Waals surface area contributed by atoms with Gasteiger partial charge in [0.2, 0.25) is 0 Å². The first-order valence-electron chi connectivity index (χ1n) is 9.52. The number of rotatable bonds is 5. The van der Waals surface area contributed by atoms with Crippen molar-refractivity contribution in [1.29, 1.82) is 0 Å². The van der Waals surface area contributed by atoms with Crippen LogP contribution in [0.2, 0.25) is 0 Å². The quantitative estimate of drug-likeness (QED) is 0.606. The molecule has 1 fully saturated rings. The number of aliphatic hydroxyl groups excluding tert-OH is 1. The molecule has 0 saturated carbocycles. The lowest BCUT2D eigenvalue weighted by molar-refractivity contribution is -0.882. The van der Waals surface area contributed by atoms with Crippen LogP contribution in [0.25, 0.3) is 0 Å². The molecule has 4 rings (SSSR count). The van der Waals surface area contributed by atoms with Gasteiger partial charge in [0.05, 0.1) is 24.3 Å². The number of fused-ring (bicyclic) bond motifs is 3. The molecule has 2 unspecified atom stereocenters.